The van der Waals surface area contributed by atoms with Crippen LogP contribution in [0.1, 0.15) is 89.5 Å². The topological polar surface area (TPSA) is 402 Å². The zero-order chi connectivity index (χ0) is 92.0. The molecule has 13 heterocycles. The quantitative estimate of drug-likeness (QED) is 0.103. The summed E-state index contributed by atoms with van der Waals surface area (Å²) in [6, 6.07) is 75.0. The zero-order valence-electron chi connectivity index (χ0n) is 72.4. The first-order chi connectivity index (χ1) is 65.4. The van der Waals surface area contributed by atoms with Crippen molar-refractivity contribution in [1.29, 1.82) is 0 Å². The number of aryl methyl sites for hydroxylation is 2. The molecule has 20 bridgehead atoms. The maximum atomic E-state index is 13.3. The minimum absolute atomic E-state index is 0.179. The monoisotopic (exact) mass is 1790 g/mol. The minimum atomic E-state index is -0.780. The fourth-order valence-corrected chi connectivity index (χ4v) is 16.3. The maximum absolute atomic E-state index is 13.3. The van der Waals surface area contributed by atoms with Crippen LogP contribution in [0.2, 0.25) is 0 Å². The average molecular weight is 1790 g/mol. The molecule has 0 radical (unpaired) electrons. The molecule has 0 saturated heterocycles. The highest BCUT2D eigenvalue weighted by Crippen LogP contribution is 2.33. The summed E-state index contributed by atoms with van der Waals surface area (Å²) < 4.78 is 36.9. The van der Waals surface area contributed by atoms with E-state index in [-0.39, 0.29) is 90.6 Å². The average Bonchev–Trinajstić information content (AvgIpc) is 1.65. The number of anilines is 4. The van der Waals surface area contributed by atoms with Crippen LogP contribution in [0, 0.1) is 0 Å². The van der Waals surface area contributed by atoms with Crippen LogP contribution in [-0.2, 0) is 45.8 Å². The summed E-state index contributed by atoms with van der Waals surface area (Å²) in [4.78, 5) is 121. The van der Waals surface area contributed by atoms with Crippen molar-refractivity contribution in [2.75, 3.05) is 48.7 Å². The molecule has 22 rings (SSSR count). The lowest BCUT2D eigenvalue weighted by atomic mass is 10.0. The first kappa shape index (κ1) is 85.8. The van der Waals surface area contributed by atoms with Crippen LogP contribution in [-0.4, -0.2) is 149 Å². The van der Waals surface area contributed by atoms with Gasteiger partial charge in [-0.1, -0.05) is 97.9 Å². The van der Waals surface area contributed by atoms with Crippen molar-refractivity contribution in [1.82, 2.24) is 87.1 Å². The molecular formula is C99H84N22O13. The molecule has 35 nitrogen and oxygen atoms in total. The highest BCUT2D eigenvalue weighted by atomic mass is 16.5. The predicted molar refractivity (Wildman–Crippen MR) is 502 cm³/mol. The van der Waals surface area contributed by atoms with Gasteiger partial charge in [-0.3, -0.25) is 68.9 Å². The van der Waals surface area contributed by atoms with Crippen LogP contribution >= 0.6 is 0 Å². The van der Waals surface area contributed by atoms with E-state index in [0.717, 1.165) is 72.2 Å². The first-order valence-electron chi connectivity index (χ1n) is 43.1. The Bertz CT molecular complexity index is 7910. The Balaban J connectivity index is 0.000000115. The van der Waals surface area contributed by atoms with Crippen molar-refractivity contribution in [3.63, 3.8) is 0 Å². The summed E-state index contributed by atoms with van der Waals surface area (Å²) >= 11 is 0. The Morgan fingerprint density at radius 2 is 0.910 bits per heavy atom. The molecule has 1 unspecified atom stereocenters. The molecule has 0 spiro atoms. The van der Waals surface area contributed by atoms with Gasteiger partial charge in [-0.2, -0.15) is 15.3 Å². The van der Waals surface area contributed by atoms with Crippen LogP contribution < -0.4 is 62.5 Å². The standard InChI is InChI=1S/C27H21N5O2.C25H21N7O3.C24H23N5O5.C23H19N5O3/c1-2-23-18-8-5-9-19(15-18)26(34)29-27-28-22-11-3-4-12-24(22)31(27)20-10-6-7-17(16-20)21-13-14-25(33)32(23)30-21;1-35-19-5-7-22-21(12-19)27-25-28-24(34)17-4-2-3-16(11-17)14-32-23(33)8-6-20(29-32)18-13-26-30(15-18)9-10-31(22)25;1-33-18-5-6-20-19(12-18)25-24-26-23(32)16-4-2-3-15(11-16)13-29-22(31)8-7-21(27-29)34-10-9-17(30)14-28(20)24;29-21-11-10-20-26-28(21)15-16-6-5-7-17(14-16)22(30)25-23-24-18-8-1-2-9-19(18)27(23)12-3-4-13-31-20/h3-16,23H,2H2,1H3,(H,28,29,34);2-8,11-13,15H,9-10,14H2,1H3,(H,27,28,34);2-8,11-12,17,30H,9-10,13-14H2,1H3,(H,25,26,32);1-11,14H,12-13,15H2,(H,24,25,30)/b;;;4-3-/t23-;;;/m0.../s1. The number of hydrogen-bond acceptors (Lipinski definition) is 22. The number of imidazole rings is 4. The normalized spacial score (nSPS) is 14.9. The van der Waals surface area contributed by atoms with Gasteiger partial charge in [-0.15, -0.1) is 10.2 Å². The summed E-state index contributed by atoms with van der Waals surface area (Å²) in [5, 5.41) is 44.7. The van der Waals surface area contributed by atoms with E-state index in [1.54, 1.807) is 122 Å². The number of carbonyl (C=O) groups is 4. The van der Waals surface area contributed by atoms with Gasteiger partial charge in [0.25, 0.3) is 45.9 Å². The molecule has 35 heteroatoms. The van der Waals surface area contributed by atoms with Crippen molar-refractivity contribution in [2.24, 2.45) is 0 Å². The molecule has 134 heavy (non-hydrogen) atoms. The fourth-order valence-electron chi connectivity index (χ4n) is 16.3. The van der Waals surface area contributed by atoms with E-state index in [1.165, 1.54) is 43.0 Å². The number of amides is 4. The van der Waals surface area contributed by atoms with E-state index < -0.39 is 6.10 Å². The van der Waals surface area contributed by atoms with Gasteiger partial charge in [-0.05, 0) is 156 Å². The number of allylic oxidation sites excluding steroid dienone is 1. The van der Waals surface area contributed by atoms with Crippen molar-refractivity contribution in [3.05, 3.63) is 365 Å². The number of aliphatic hydroxyl groups is 1. The molecule has 9 aromatic heterocycles. The number of fused-ring (bicyclic) bond motifs is 35. The van der Waals surface area contributed by atoms with Crippen LogP contribution in [0.4, 0.5) is 23.8 Å². The third-order valence-corrected chi connectivity index (χ3v) is 22.9. The molecule has 668 valence electrons. The van der Waals surface area contributed by atoms with E-state index in [4.69, 9.17) is 29.0 Å². The summed E-state index contributed by atoms with van der Waals surface area (Å²) in [6.45, 7) is 4.90. The second kappa shape index (κ2) is 37.6. The van der Waals surface area contributed by atoms with Crippen molar-refractivity contribution in [2.45, 2.75) is 77.7 Å². The number of ether oxygens (including phenoxy) is 4. The maximum Gasteiger partial charge on any atom is 0.267 e. The molecule has 0 aliphatic carbocycles. The molecule has 0 fully saturated rings. The lowest BCUT2D eigenvalue weighted by Crippen LogP contribution is -2.27. The molecule has 18 aromatic rings. The number of nitrogens with one attached hydrogen (secondary N) is 4. The van der Waals surface area contributed by atoms with Gasteiger partial charge in [0.2, 0.25) is 35.6 Å². The smallest absolute Gasteiger partial charge is 0.267 e. The summed E-state index contributed by atoms with van der Waals surface area (Å²) in [5.74, 6) is 2.44. The van der Waals surface area contributed by atoms with Crippen molar-refractivity contribution in [3.8, 4) is 51.5 Å². The van der Waals surface area contributed by atoms with E-state index in [1.807, 2.05) is 177 Å². The predicted octanol–water partition coefficient (Wildman–Crippen LogP) is 12.5. The summed E-state index contributed by atoms with van der Waals surface area (Å²) in [5.41, 5.74) is 14.2. The Morgan fingerprint density at radius 3 is 1.53 bits per heavy atom. The second-order valence-electron chi connectivity index (χ2n) is 31.8. The fraction of sp³-hybridized carbons (Fsp3) is 0.162. The third-order valence-electron chi connectivity index (χ3n) is 22.9. The highest BCUT2D eigenvalue weighted by molar-refractivity contribution is 6.07. The van der Waals surface area contributed by atoms with E-state index in [9.17, 15) is 43.5 Å². The lowest BCUT2D eigenvalue weighted by molar-refractivity contribution is 0.101. The number of para-hydroxylation sites is 4. The third kappa shape index (κ3) is 18.4. The van der Waals surface area contributed by atoms with Gasteiger partial charge in [0.05, 0.1) is 127 Å². The number of aliphatic hydroxyl groups excluding tert-OH is 1. The Hall–Kier alpha value is -17.6. The molecule has 2 atom stereocenters. The number of carbonyl (C=O) groups excluding carboxylic acids is 4. The molecule has 5 N–H and O–H groups in total. The second-order valence-corrected chi connectivity index (χ2v) is 31.8. The van der Waals surface area contributed by atoms with Gasteiger partial charge < -0.3 is 37.8 Å². The number of aromatic nitrogens is 18. The van der Waals surface area contributed by atoms with E-state index in [2.05, 4.69) is 56.6 Å². The Labute approximate surface area is 761 Å². The number of benzene rings is 9. The number of methoxy groups -OCH3 is 2. The van der Waals surface area contributed by atoms with Gasteiger partial charge in [0.1, 0.15) is 18.1 Å². The number of hydrogen-bond donors (Lipinski definition) is 5. The zero-order valence-corrected chi connectivity index (χ0v) is 72.4. The van der Waals surface area contributed by atoms with Crippen LogP contribution in [0.15, 0.2) is 299 Å². The first-order valence-corrected chi connectivity index (χ1v) is 43.1. The molecule has 4 aliphatic heterocycles. The summed E-state index contributed by atoms with van der Waals surface area (Å²) in [7, 11) is 3.18. The minimum Gasteiger partial charge on any atom is -0.497 e. The van der Waals surface area contributed by atoms with Gasteiger partial charge in [0, 0.05) is 113 Å². The lowest BCUT2D eigenvalue weighted by Gasteiger charge is -2.20. The number of nitrogens with zero attached hydrogens (tertiary/aromatic N) is 18. The van der Waals surface area contributed by atoms with Crippen molar-refractivity contribution >= 4 is 91.6 Å². The van der Waals surface area contributed by atoms with Gasteiger partial charge >= 0.3 is 0 Å². The van der Waals surface area contributed by atoms with Gasteiger partial charge in [0.15, 0.2) is 0 Å². The van der Waals surface area contributed by atoms with E-state index >= 15 is 0 Å². The van der Waals surface area contributed by atoms with Crippen LogP contribution in [0.5, 0.6) is 23.3 Å². The molecule has 4 amide bonds. The van der Waals surface area contributed by atoms with Crippen molar-refractivity contribution < 1.29 is 43.2 Å². The van der Waals surface area contributed by atoms with Crippen LogP contribution in [0.3, 0.4) is 0 Å². The largest absolute Gasteiger partial charge is 0.497 e. The Morgan fingerprint density at radius 1 is 0.418 bits per heavy atom. The summed E-state index contributed by atoms with van der Waals surface area (Å²) in [6.07, 6.45) is 7.61. The van der Waals surface area contributed by atoms with Crippen LogP contribution in [0.25, 0.3) is 72.3 Å². The van der Waals surface area contributed by atoms with E-state index in [0.29, 0.717) is 125 Å². The molecule has 0 saturated carbocycles. The Kier molecular flexibility index (Phi) is 24.1. The SMILES string of the molecule is CC[C@H]1c2cccc(c2)C(=O)Nc2nc3ccccc3n2-c2cccc(c2)-c2ccc(=O)n1n2.COc1ccc2c(c1)nc1n2CC(O)CCOc2ccc(=O)n(n2)Cc2cccc(c2)C(=O)N1.COc1ccc2c(c1)nc1n2CCn2cc(cn2)-c2ccc(=O)n(n2)Cc2cccc(c2)C(=O)N1.O=C1Nc2nc3ccccc3n2C/C=C\COc2ccc(=O)n(n2)Cc2cccc1c2. The molecule has 9 aromatic carbocycles. The number of rotatable bonds is 3. The molecule has 4 aliphatic rings. The van der Waals surface area contributed by atoms with Gasteiger partial charge in [-0.25, -0.2) is 38.7 Å². The highest BCUT2D eigenvalue weighted by Gasteiger charge is 2.26. The molecular weight excluding hydrogens is 1710 g/mol.